The molecule has 31 heavy (non-hydrogen) atoms. The fourth-order valence-electron chi connectivity index (χ4n) is 4.62. The van der Waals surface area contributed by atoms with Crippen LogP contribution in [0.3, 0.4) is 0 Å². The molecule has 1 aliphatic heterocycles. The van der Waals surface area contributed by atoms with Crippen LogP contribution in [-0.4, -0.2) is 59.9 Å². The average molecular weight is 422 g/mol. The van der Waals surface area contributed by atoms with E-state index in [2.05, 4.69) is 41.5 Å². The third-order valence-electron chi connectivity index (χ3n) is 6.08. The summed E-state index contributed by atoms with van der Waals surface area (Å²) in [5.74, 6) is 0.110. The van der Waals surface area contributed by atoms with E-state index >= 15 is 0 Å². The van der Waals surface area contributed by atoms with Crippen molar-refractivity contribution in [2.75, 3.05) is 20.1 Å². The van der Waals surface area contributed by atoms with Crippen LogP contribution >= 0.6 is 0 Å². The second-order valence-corrected chi connectivity index (χ2v) is 9.13. The van der Waals surface area contributed by atoms with Gasteiger partial charge in [-0.2, -0.15) is 0 Å². The molecule has 0 saturated carbocycles. The number of carbonyl (C=O) groups excluding carboxylic acids is 2. The highest BCUT2D eigenvalue weighted by Gasteiger charge is 2.30. The highest BCUT2D eigenvalue weighted by molar-refractivity contribution is 6.00. The van der Waals surface area contributed by atoms with Crippen LogP contribution in [0.1, 0.15) is 66.3 Å². The molecule has 2 atom stereocenters. The first kappa shape index (κ1) is 23.0. The number of piperidine rings is 1. The molecule has 1 saturated heterocycles. The van der Waals surface area contributed by atoms with Gasteiger partial charge in [-0.25, -0.2) is 0 Å². The van der Waals surface area contributed by atoms with Crippen LogP contribution < -0.4 is 5.32 Å². The number of rotatable bonds is 6. The van der Waals surface area contributed by atoms with Crippen LogP contribution in [0, 0.1) is 0 Å². The van der Waals surface area contributed by atoms with Crippen molar-refractivity contribution in [3.05, 3.63) is 71.3 Å². The van der Waals surface area contributed by atoms with Gasteiger partial charge in [-0.05, 0) is 71.5 Å². The van der Waals surface area contributed by atoms with Gasteiger partial charge in [-0.3, -0.25) is 9.59 Å². The van der Waals surface area contributed by atoms with Gasteiger partial charge in [-0.1, -0.05) is 36.4 Å². The molecule has 0 bridgehead atoms. The highest BCUT2D eigenvalue weighted by Crippen LogP contribution is 2.28. The summed E-state index contributed by atoms with van der Waals surface area (Å²) in [5, 5.41) is 3.25. The van der Waals surface area contributed by atoms with E-state index in [1.807, 2.05) is 38.7 Å². The summed E-state index contributed by atoms with van der Waals surface area (Å²) in [5.41, 5.74) is 2.34. The molecule has 3 rings (SSSR count). The second-order valence-electron chi connectivity index (χ2n) is 9.13. The maximum atomic E-state index is 13.2. The molecular formula is C26H35N3O2. The molecule has 0 unspecified atom stereocenters. The fourth-order valence-corrected chi connectivity index (χ4v) is 4.62. The first-order valence-electron chi connectivity index (χ1n) is 11.2. The van der Waals surface area contributed by atoms with Crippen LogP contribution in [0.4, 0.5) is 0 Å². The van der Waals surface area contributed by atoms with Crippen molar-refractivity contribution in [2.45, 2.75) is 58.2 Å². The van der Waals surface area contributed by atoms with Crippen molar-refractivity contribution in [1.29, 1.82) is 0 Å². The first-order chi connectivity index (χ1) is 14.8. The van der Waals surface area contributed by atoms with E-state index in [0.29, 0.717) is 11.1 Å². The summed E-state index contributed by atoms with van der Waals surface area (Å²) >= 11 is 0. The number of nitrogens with one attached hydrogen (secondary N) is 1. The molecule has 0 aliphatic carbocycles. The van der Waals surface area contributed by atoms with Gasteiger partial charge in [0.05, 0.1) is 0 Å². The fraction of sp³-hybridized carbons (Fsp3) is 0.462. The predicted molar refractivity (Wildman–Crippen MR) is 125 cm³/mol. The number of likely N-dealkylation sites (tertiary alicyclic amines) is 1. The number of carbonyl (C=O) groups is 2. The average Bonchev–Trinajstić information content (AvgIpc) is 2.74. The summed E-state index contributed by atoms with van der Waals surface area (Å²) < 4.78 is 0. The Balaban J connectivity index is 1.79. The zero-order chi connectivity index (χ0) is 22.5. The molecule has 1 aliphatic rings. The van der Waals surface area contributed by atoms with Gasteiger partial charge in [-0.15, -0.1) is 0 Å². The molecule has 166 valence electrons. The van der Waals surface area contributed by atoms with Gasteiger partial charge in [0.1, 0.15) is 0 Å². The quantitative estimate of drug-likeness (QED) is 0.762. The van der Waals surface area contributed by atoms with E-state index in [4.69, 9.17) is 0 Å². The smallest absolute Gasteiger partial charge is 0.254 e. The molecule has 2 aromatic carbocycles. The van der Waals surface area contributed by atoms with E-state index in [1.54, 1.807) is 24.3 Å². The third kappa shape index (κ3) is 5.53. The highest BCUT2D eigenvalue weighted by atomic mass is 16.2. The summed E-state index contributed by atoms with van der Waals surface area (Å²) in [4.78, 5) is 30.3. The Morgan fingerprint density at radius 2 is 1.61 bits per heavy atom. The van der Waals surface area contributed by atoms with E-state index in [-0.39, 0.29) is 35.9 Å². The van der Waals surface area contributed by atoms with Crippen LogP contribution in [0.15, 0.2) is 54.6 Å². The molecule has 0 radical (unpaired) electrons. The Morgan fingerprint density at radius 1 is 0.968 bits per heavy atom. The molecule has 0 aromatic heterocycles. The number of nitrogens with zero attached hydrogens (tertiary/aromatic N) is 2. The van der Waals surface area contributed by atoms with Crippen molar-refractivity contribution >= 4 is 11.8 Å². The number of benzene rings is 2. The molecular weight excluding hydrogens is 386 g/mol. The normalized spacial score (nSPS) is 19.5. The lowest BCUT2D eigenvalue weighted by molar-refractivity contribution is 0.0643. The zero-order valence-electron chi connectivity index (χ0n) is 19.3. The largest absolute Gasteiger partial charge is 0.347 e. The van der Waals surface area contributed by atoms with Crippen molar-refractivity contribution in [2.24, 2.45) is 0 Å². The van der Waals surface area contributed by atoms with Gasteiger partial charge in [0.15, 0.2) is 0 Å². The Labute approximate surface area is 186 Å². The Hall–Kier alpha value is -2.66. The van der Waals surface area contributed by atoms with E-state index < -0.39 is 0 Å². The van der Waals surface area contributed by atoms with Gasteiger partial charge in [0.2, 0.25) is 0 Å². The monoisotopic (exact) mass is 421 g/mol. The predicted octanol–water partition coefficient (Wildman–Crippen LogP) is 4.16. The molecule has 2 aromatic rings. The molecule has 5 nitrogen and oxygen atoms in total. The lowest BCUT2D eigenvalue weighted by Gasteiger charge is -2.37. The summed E-state index contributed by atoms with van der Waals surface area (Å²) in [7, 11) is 2.09. The summed E-state index contributed by atoms with van der Waals surface area (Å²) in [6.07, 6.45) is 1.00. The maximum Gasteiger partial charge on any atom is 0.254 e. The van der Waals surface area contributed by atoms with E-state index in [1.165, 1.54) is 5.56 Å². The minimum absolute atomic E-state index is 0.0239. The summed E-state index contributed by atoms with van der Waals surface area (Å²) in [6.45, 7) is 9.86. The Morgan fingerprint density at radius 3 is 2.26 bits per heavy atom. The topological polar surface area (TPSA) is 52.7 Å². The van der Waals surface area contributed by atoms with Crippen LogP contribution in [0.5, 0.6) is 0 Å². The van der Waals surface area contributed by atoms with Crippen LogP contribution in [0.2, 0.25) is 0 Å². The molecule has 0 spiro atoms. The van der Waals surface area contributed by atoms with Crippen molar-refractivity contribution < 1.29 is 9.59 Å². The van der Waals surface area contributed by atoms with Crippen molar-refractivity contribution in [1.82, 2.24) is 15.1 Å². The van der Waals surface area contributed by atoms with Gasteiger partial charge < -0.3 is 15.1 Å². The molecule has 2 amide bonds. The maximum absolute atomic E-state index is 13.2. The van der Waals surface area contributed by atoms with E-state index in [0.717, 1.165) is 19.5 Å². The molecule has 5 heteroatoms. The van der Waals surface area contributed by atoms with E-state index in [9.17, 15) is 9.59 Å². The molecule has 1 heterocycles. The standard InChI is InChI=1S/C26H35N3O2/c1-18(2)29(19(3)4)26(31)22-13-9-12-21(16-22)25(30)27-24-17-28(5)15-14-23(24)20-10-7-6-8-11-20/h6-13,16,18-19,23-24H,14-15,17H2,1-5H3,(H,27,30)/t23-,24+/m1/s1. The van der Waals surface area contributed by atoms with Gasteiger partial charge >= 0.3 is 0 Å². The minimum Gasteiger partial charge on any atom is -0.347 e. The number of likely N-dealkylation sites (N-methyl/N-ethyl adjacent to an activating group) is 1. The first-order valence-corrected chi connectivity index (χ1v) is 11.2. The Bertz CT molecular complexity index is 887. The van der Waals surface area contributed by atoms with Crippen molar-refractivity contribution in [3.8, 4) is 0 Å². The summed E-state index contributed by atoms with van der Waals surface area (Å²) in [6, 6.07) is 17.7. The number of hydrogen-bond acceptors (Lipinski definition) is 3. The lowest BCUT2D eigenvalue weighted by atomic mass is 9.85. The Kier molecular flexibility index (Phi) is 7.50. The van der Waals surface area contributed by atoms with Gasteiger partial charge in [0.25, 0.3) is 11.8 Å². The second kappa shape index (κ2) is 10.1. The van der Waals surface area contributed by atoms with Crippen LogP contribution in [0.25, 0.3) is 0 Å². The SMILES string of the molecule is CC(C)N(C(=O)c1cccc(C(=O)N[C@H]2CN(C)CC[C@@H]2c2ccccc2)c1)C(C)C. The minimum atomic E-state index is -0.128. The lowest BCUT2D eigenvalue weighted by Crippen LogP contribution is -2.50. The molecule has 1 fully saturated rings. The third-order valence-corrected chi connectivity index (χ3v) is 6.08. The van der Waals surface area contributed by atoms with Crippen LogP contribution in [-0.2, 0) is 0 Å². The van der Waals surface area contributed by atoms with Crippen molar-refractivity contribution in [3.63, 3.8) is 0 Å². The zero-order valence-corrected chi connectivity index (χ0v) is 19.3. The number of amides is 2. The molecule has 1 N–H and O–H groups in total. The van der Waals surface area contributed by atoms with Gasteiger partial charge in [0, 0.05) is 41.7 Å². The number of hydrogen-bond donors (Lipinski definition) is 1.